The molecule has 1 fully saturated rings. The van der Waals surface area contributed by atoms with Gasteiger partial charge in [0.15, 0.2) is 0 Å². The van der Waals surface area contributed by atoms with Gasteiger partial charge in [0.05, 0.1) is 10.7 Å². The summed E-state index contributed by atoms with van der Waals surface area (Å²) in [6, 6.07) is 16.2. The van der Waals surface area contributed by atoms with E-state index in [0.29, 0.717) is 34.5 Å². The molecule has 1 saturated heterocycles. The highest BCUT2D eigenvalue weighted by Gasteiger charge is 2.28. The molecule has 2 N–H and O–H groups in total. The first-order valence-corrected chi connectivity index (χ1v) is 10.8. The van der Waals surface area contributed by atoms with Crippen molar-refractivity contribution in [3.8, 4) is 0 Å². The number of hydrogen-bond acceptors (Lipinski definition) is 5. The van der Waals surface area contributed by atoms with Gasteiger partial charge in [-0.05, 0) is 37.1 Å². The van der Waals surface area contributed by atoms with E-state index >= 15 is 0 Å². The van der Waals surface area contributed by atoms with Crippen molar-refractivity contribution >= 4 is 46.3 Å². The molecule has 30 heavy (non-hydrogen) atoms. The molecule has 1 aliphatic rings. The van der Waals surface area contributed by atoms with Crippen LogP contribution >= 0.6 is 22.9 Å². The van der Waals surface area contributed by atoms with E-state index in [1.165, 1.54) is 11.3 Å². The Balaban J connectivity index is 1.39. The highest BCUT2D eigenvalue weighted by Crippen LogP contribution is 2.30. The number of piperidine rings is 1. The minimum atomic E-state index is -0.283. The van der Waals surface area contributed by atoms with Crippen LogP contribution in [0.2, 0.25) is 5.02 Å². The van der Waals surface area contributed by atoms with Crippen LogP contribution in [0.25, 0.3) is 0 Å². The third-order valence-corrected chi connectivity index (χ3v) is 6.25. The summed E-state index contributed by atoms with van der Waals surface area (Å²) in [6.45, 7) is 1.18. The maximum atomic E-state index is 12.7. The van der Waals surface area contributed by atoms with E-state index in [1.54, 1.807) is 17.0 Å². The van der Waals surface area contributed by atoms with Gasteiger partial charge in [0.25, 0.3) is 5.91 Å². The number of rotatable bonds is 4. The maximum absolute atomic E-state index is 12.7. The number of halogens is 1. The average molecular weight is 442 g/mol. The number of hydrogen-bond donors (Lipinski definition) is 2. The molecule has 0 bridgehead atoms. The molecule has 1 atom stereocenters. The Morgan fingerprint density at radius 2 is 1.80 bits per heavy atom. The predicted octanol–water partition coefficient (Wildman–Crippen LogP) is 4.86. The van der Waals surface area contributed by atoms with Crippen molar-refractivity contribution in [1.82, 2.24) is 15.1 Å². The monoisotopic (exact) mass is 441 g/mol. The second-order valence-corrected chi connectivity index (χ2v) is 8.38. The highest BCUT2D eigenvalue weighted by molar-refractivity contribution is 7.13. The molecule has 2 aromatic carbocycles. The van der Waals surface area contributed by atoms with Gasteiger partial charge in [-0.15, -0.1) is 10.2 Å². The van der Waals surface area contributed by atoms with Crippen molar-refractivity contribution < 1.29 is 9.59 Å². The molecular weight excluding hydrogens is 422 g/mol. The third-order valence-electron chi connectivity index (χ3n) is 4.84. The highest BCUT2D eigenvalue weighted by atomic mass is 35.5. The van der Waals surface area contributed by atoms with Gasteiger partial charge in [-0.25, -0.2) is 4.79 Å². The molecule has 0 spiro atoms. The minimum Gasteiger partial charge on any atom is -0.324 e. The van der Waals surface area contributed by atoms with Crippen LogP contribution in [0, 0.1) is 0 Å². The van der Waals surface area contributed by atoms with Crippen LogP contribution in [0.5, 0.6) is 0 Å². The molecule has 1 aromatic heterocycles. The van der Waals surface area contributed by atoms with Gasteiger partial charge in [0.2, 0.25) is 5.01 Å². The lowest BCUT2D eigenvalue weighted by Gasteiger charge is -2.31. The topological polar surface area (TPSA) is 87.2 Å². The molecule has 0 aliphatic carbocycles. The molecule has 0 radical (unpaired) electrons. The first-order chi connectivity index (χ1) is 14.6. The number of aromatic nitrogens is 2. The summed E-state index contributed by atoms with van der Waals surface area (Å²) in [5.41, 5.74) is 1.29. The molecular formula is C21H20ClN5O2S. The van der Waals surface area contributed by atoms with Gasteiger partial charge in [-0.3, -0.25) is 4.79 Å². The lowest BCUT2D eigenvalue weighted by Crippen LogP contribution is -2.41. The largest absolute Gasteiger partial charge is 0.324 e. The van der Waals surface area contributed by atoms with E-state index < -0.39 is 0 Å². The Hall–Kier alpha value is -2.97. The Bertz CT molecular complexity index is 1040. The zero-order valence-corrected chi connectivity index (χ0v) is 17.6. The quantitative estimate of drug-likeness (QED) is 0.605. The van der Waals surface area contributed by atoms with E-state index in [9.17, 15) is 9.59 Å². The molecule has 2 heterocycles. The zero-order chi connectivity index (χ0) is 20.9. The maximum Gasteiger partial charge on any atom is 0.321 e. The lowest BCUT2D eigenvalue weighted by atomic mass is 9.99. The molecule has 3 amide bonds. The number of likely N-dealkylation sites (tertiary alicyclic amines) is 1. The first-order valence-electron chi connectivity index (χ1n) is 9.60. The van der Waals surface area contributed by atoms with Crippen LogP contribution < -0.4 is 10.6 Å². The first kappa shape index (κ1) is 20.3. The van der Waals surface area contributed by atoms with Crippen LogP contribution in [0.15, 0.2) is 54.6 Å². The Morgan fingerprint density at radius 3 is 2.60 bits per heavy atom. The summed E-state index contributed by atoms with van der Waals surface area (Å²) in [5, 5.41) is 15.5. The summed E-state index contributed by atoms with van der Waals surface area (Å²) in [4.78, 5) is 26.9. The van der Waals surface area contributed by atoms with Crippen LogP contribution in [-0.2, 0) is 0 Å². The molecule has 4 rings (SSSR count). The third kappa shape index (κ3) is 4.77. The van der Waals surface area contributed by atoms with Crippen LogP contribution in [0.3, 0.4) is 0 Å². The number of benzene rings is 2. The second kappa shape index (κ2) is 9.23. The number of urea groups is 1. The summed E-state index contributed by atoms with van der Waals surface area (Å²) >= 11 is 7.41. The van der Waals surface area contributed by atoms with E-state index in [-0.39, 0.29) is 17.9 Å². The van der Waals surface area contributed by atoms with Crippen molar-refractivity contribution in [1.29, 1.82) is 0 Å². The fraction of sp³-hybridized carbons (Fsp3) is 0.238. The Kier molecular flexibility index (Phi) is 6.25. The number of amides is 3. The van der Waals surface area contributed by atoms with Gasteiger partial charge < -0.3 is 15.5 Å². The van der Waals surface area contributed by atoms with E-state index in [1.807, 2.05) is 42.5 Å². The van der Waals surface area contributed by atoms with E-state index in [4.69, 9.17) is 11.6 Å². The average Bonchev–Trinajstić information content (AvgIpc) is 3.27. The van der Waals surface area contributed by atoms with Crippen molar-refractivity contribution in [3.63, 3.8) is 0 Å². The van der Waals surface area contributed by atoms with Crippen LogP contribution in [-0.4, -0.2) is 40.1 Å². The van der Waals surface area contributed by atoms with Crippen molar-refractivity contribution in [2.45, 2.75) is 18.8 Å². The summed E-state index contributed by atoms with van der Waals surface area (Å²) in [5.74, 6) is -0.236. The minimum absolute atomic E-state index is 0.0477. The SMILES string of the molecule is O=C(Nc1ccccc1)c1nnc([C@H]2CCCN(C(=O)Nc3ccccc3Cl)C2)s1. The molecule has 9 heteroatoms. The standard InChI is InChI=1S/C21H20ClN5O2S/c22-16-10-4-5-11-17(16)24-21(29)27-12-6-7-14(13-27)19-25-26-20(30-19)18(28)23-15-8-2-1-3-9-15/h1-5,8-11,14H,6-7,12-13H2,(H,23,28)(H,24,29)/t14-/m0/s1. The summed E-state index contributed by atoms with van der Waals surface area (Å²) in [7, 11) is 0. The van der Waals surface area contributed by atoms with Gasteiger partial charge in [0, 0.05) is 24.7 Å². The van der Waals surface area contributed by atoms with Gasteiger partial charge in [0.1, 0.15) is 5.01 Å². The number of nitrogens with one attached hydrogen (secondary N) is 2. The number of nitrogens with zero attached hydrogens (tertiary/aromatic N) is 3. The summed E-state index contributed by atoms with van der Waals surface area (Å²) < 4.78 is 0. The molecule has 0 saturated carbocycles. The molecule has 154 valence electrons. The molecule has 3 aromatic rings. The number of para-hydroxylation sites is 2. The molecule has 1 aliphatic heterocycles. The Morgan fingerprint density at radius 1 is 1.03 bits per heavy atom. The van der Waals surface area contributed by atoms with E-state index in [0.717, 1.165) is 17.8 Å². The number of carbonyl (C=O) groups is 2. The smallest absolute Gasteiger partial charge is 0.321 e. The molecule has 7 nitrogen and oxygen atoms in total. The molecule has 0 unspecified atom stereocenters. The zero-order valence-electron chi connectivity index (χ0n) is 16.0. The van der Waals surface area contributed by atoms with Gasteiger partial charge in [-0.2, -0.15) is 0 Å². The van der Waals surface area contributed by atoms with Crippen molar-refractivity contribution in [2.24, 2.45) is 0 Å². The predicted molar refractivity (Wildman–Crippen MR) is 118 cm³/mol. The van der Waals surface area contributed by atoms with Crippen molar-refractivity contribution in [3.05, 3.63) is 69.6 Å². The van der Waals surface area contributed by atoms with E-state index in [2.05, 4.69) is 20.8 Å². The normalized spacial score (nSPS) is 16.2. The fourth-order valence-corrected chi connectivity index (χ4v) is 4.36. The van der Waals surface area contributed by atoms with Crippen molar-refractivity contribution in [2.75, 3.05) is 23.7 Å². The van der Waals surface area contributed by atoms with Gasteiger partial charge in [-0.1, -0.05) is 53.3 Å². The van der Waals surface area contributed by atoms with Crippen LogP contribution in [0.4, 0.5) is 16.2 Å². The Labute approximate surface area is 183 Å². The summed E-state index contributed by atoms with van der Waals surface area (Å²) in [6.07, 6.45) is 1.75. The van der Waals surface area contributed by atoms with Gasteiger partial charge >= 0.3 is 6.03 Å². The fourth-order valence-electron chi connectivity index (χ4n) is 3.32. The number of carbonyl (C=O) groups excluding carboxylic acids is 2. The number of anilines is 2. The lowest BCUT2D eigenvalue weighted by molar-refractivity contribution is 0.102. The second-order valence-electron chi connectivity index (χ2n) is 6.96. The van der Waals surface area contributed by atoms with Crippen LogP contribution in [0.1, 0.15) is 33.6 Å².